The van der Waals surface area contributed by atoms with E-state index in [0.717, 1.165) is 18.4 Å². The van der Waals surface area contributed by atoms with Gasteiger partial charge in [0.25, 0.3) is 5.69 Å². The van der Waals surface area contributed by atoms with E-state index >= 15 is 4.39 Å². The summed E-state index contributed by atoms with van der Waals surface area (Å²) in [4.78, 5) is 26.0. The number of nitro groups is 1. The van der Waals surface area contributed by atoms with E-state index in [1.165, 1.54) is 32.4 Å². The van der Waals surface area contributed by atoms with Crippen LogP contribution >= 0.6 is 0 Å². The number of benzene rings is 2. The Balaban J connectivity index is 1.31. The number of carbonyl (C=O) groups excluding carboxylic acids is 1. The summed E-state index contributed by atoms with van der Waals surface area (Å²) in [6.07, 6.45) is 2.57. The van der Waals surface area contributed by atoms with Gasteiger partial charge in [0.15, 0.2) is 17.3 Å². The summed E-state index contributed by atoms with van der Waals surface area (Å²) in [5.74, 6) is -0.122. The van der Waals surface area contributed by atoms with Gasteiger partial charge in [-0.25, -0.2) is 8.78 Å². The lowest BCUT2D eigenvalue weighted by Gasteiger charge is -2.43. The Bertz CT molecular complexity index is 1170. The second kappa shape index (κ2) is 8.86. The minimum absolute atomic E-state index is 0.0464. The average Bonchev–Trinajstić information content (AvgIpc) is 3.25. The molecule has 3 atom stereocenters. The number of methoxy groups -OCH3 is 2. The van der Waals surface area contributed by atoms with Crippen LogP contribution in [0.5, 0.6) is 11.5 Å². The highest BCUT2D eigenvalue weighted by Gasteiger charge is 2.51. The fourth-order valence-electron chi connectivity index (χ4n) is 6.37. The van der Waals surface area contributed by atoms with Gasteiger partial charge < -0.3 is 9.47 Å². The number of rotatable bonds is 7. The minimum atomic E-state index is -1.51. The molecule has 3 unspecified atom stereocenters. The molecule has 2 aliphatic heterocycles. The molecule has 2 heterocycles. The lowest BCUT2D eigenvalue weighted by molar-refractivity contribution is -0.386. The zero-order valence-corrected chi connectivity index (χ0v) is 19.8. The van der Waals surface area contributed by atoms with E-state index in [-0.39, 0.29) is 54.9 Å². The van der Waals surface area contributed by atoms with Gasteiger partial charge in [0.05, 0.1) is 24.7 Å². The Hall–Kier alpha value is -3.07. The molecule has 0 radical (unpaired) electrons. The number of nitro benzene ring substituents is 1. The van der Waals surface area contributed by atoms with E-state index in [0.29, 0.717) is 23.5 Å². The van der Waals surface area contributed by atoms with Gasteiger partial charge in [-0.15, -0.1) is 0 Å². The van der Waals surface area contributed by atoms with Crippen LogP contribution in [0.2, 0.25) is 0 Å². The smallest absolute Gasteiger partial charge is 0.276 e. The Morgan fingerprint density at radius 3 is 2.43 bits per heavy atom. The number of Topliss-reactive ketones (excluding diaryl/α,β-unsaturated/α-hetero) is 1. The first-order valence-corrected chi connectivity index (χ1v) is 11.9. The van der Waals surface area contributed by atoms with Crippen LogP contribution in [0.25, 0.3) is 0 Å². The molecule has 0 aromatic heterocycles. The number of nitrogens with zero attached hydrogens (tertiary/aromatic N) is 2. The molecule has 7 nitrogen and oxygen atoms in total. The number of piperidine rings is 1. The highest BCUT2D eigenvalue weighted by atomic mass is 19.1. The van der Waals surface area contributed by atoms with E-state index in [9.17, 15) is 19.3 Å². The third kappa shape index (κ3) is 4.16. The van der Waals surface area contributed by atoms with E-state index in [2.05, 4.69) is 0 Å². The van der Waals surface area contributed by atoms with Crippen LogP contribution < -0.4 is 9.47 Å². The van der Waals surface area contributed by atoms with Crippen LogP contribution in [0.15, 0.2) is 30.3 Å². The molecule has 2 saturated heterocycles. The summed E-state index contributed by atoms with van der Waals surface area (Å²) in [7, 11) is 3.05. The molecule has 2 fully saturated rings. The molecule has 0 spiro atoms. The van der Waals surface area contributed by atoms with Crippen molar-refractivity contribution in [1.82, 2.24) is 4.90 Å². The Kier molecular flexibility index (Phi) is 5.99. The largest absolute Gasteiger partial charge is 0.493 e. The predicted molar refractivity (Wildman–Crippen MR) is 124 cm³/mol. The summed E-state index contributed by atoms with van der Waals surface area (Å²) in [5, 5.41) is 11.4. The van der Waals surface area contributed by atoms with Crippen molar-refractivity contribution in [2.75, 3.05) is 14.2 Å². The number of hydrogen-bond donors (Lipinski definition) is 0. The monoisotopic (exact) mass is 486 g/mol. The van der Waals surface area contributed by atoms with E-state index in [1.54, 1.807) is 12.1 Å². The maximum absolute atomic E-state index is 16.2. The molecule has 1 aliphatic carbocycles. The van der Waals surface area contributed by atoms with Gasteiger partial charge in [-0.3, -0.25) is 19.8 Å². The van der Waals surface area contributed by atoms with Gasteiger partial charge in [-0.2, -0.15) is 0 Å². The SMILES string of the molecule is COc1cc2c(cc1OC)C(=O)C(CC1(F)CC3CCC(C1)N3Cc1c(F)cccc1[N+](=O)[O-])C2. The van der Waals surface area contributed by atoms with E-state index in [1.807, 2.05) is 4.90 Å². The topological polar surface area (TPSA) is 81.9 Å². The fraction of sp³-hybridized carbons (Fsp3) is 0.500. The third-order valence-corrected chi connectivity index (χ3v) is 7.93. The second-order valence-corrected chi connectivity index (χ2v) is 9.94. The molecule has 35 heavy (non-hydrogen) atoms. The van der Waals surface area contributed by atoms with Crippen LogP contribution in [0.1, 0.15) is 53.6 Å². The van der Waals surface area contributed by atoms with Gasteiger partial charge >= 0.3 is 0 Å². The van der Waals surface area contributed by atoms with Crippen molar-refractivity contribution in [3.05, 3.63) is 63.0 Å². The quantitative estimate of drug-likeness (QED) is 0.403. The summed E-state index contributed by atoms with van der Waals surface area (Å²) in [6.45, 7) is 0.0851. The van der Waals surface area contributed by atoms with Gasteiger partial charge in [-0.1, -0.05) is 6.07 Å². The van der Waals surface area contributed by atoms with Crippen molar-refractivity contribution in [2.24, 2.45) is 5.92 Å². The molecule has 2 aromatic carbocycles. The molecular weight excluding hydrogens is 458 g/mol. The average molecular weight is 487 g/mol. The summed E-state index contributed by atoms with van der Waals surface area (Å²) < 4.78 is 41.4. The van der Waals surface area contributed by atoms with Gasteiger partial charge in [-0.05, 0) is 62.3 Å². The lowest BCUT2D eigenvalue weighted by atomic mass is 9.79. The van der Waals surface area contributed by atoms with Crippen LogP contribution in [0, 0.1) is 21.8 Å². The first-order chi connectivity index (χ1) is 16.7. The number of halogens is 2. The van der Waals surface area contributed by atoms with Crippen LogP contribution in [-0.4, -0.2) is 47.6 Å². The lowest BCUT2D eigenvalue weighted by Crippen LogP contribution is -2.49. The van der Waals surface area contributed by atoms with Crippen molar-refractivity contribution in [1.29, 1.82) is 0 Å². The van der Waals surface area contributed by atoms with Crippen molar-refractivity contribution in [3.63, 3.8) is 0 Å². The molecule has 2 bridgehead atoms. The van der Waals surface area contributed by atoms with Gasteiger partial charge in [0, 0.05) is 36.2 Å². The normalized spacial score (nSPS) is 27.7. The molecule has 0 N–H and O–H groups in total. The first-order valence-electron chi connectivity index (χ1n) is 11.9. The number of fused-ring (bicyclic) bond motifs is 3. The van der Waals surface area contributed by atoms with Crippen molar-refractivity contribution in [2.45, 2.75) is 62.8 Å². The maximum Gasteiger partial charge on any atom is 0.276 e. The highest BCUT2D eigenvalue weighted by Crippen LogP contribution is 2.48. The van der Waals surface area contributed by atoms with Crippen molar-refractivity contribution in [3.8, 4) is 11.5 Å². The Morgan fingerprint density at radius 1 is 1.14 bits per heavy atom. The van der Waals surface area contributed by atoms with Crippen molar-refractivity contribution >= 4 is 11.5 Å². The van der Waals surface area contributed by atoms with E-state index in [4.69, 9.17) is 9.47 Å². The van der Waals surface area contributed by atoms with Crippen LogP contribution in [0.3, 0.4) is 0 Å². The van der Waals surface area contributed by atoms with Gasteiger partial charge in [0.1, 0.15) is 11.5 Å². The molecule has 5 rings (SSSR count). The van der Waals surface area contributed by atoms with Crippen LogP contribution in [-0.2, 0) is 13.0 Å². The number of ketones is 1. The van der Waals surface area contributed by atoms with Gasteiger partial charge in [0.2, 0.25) is 0 Å². The van der Waals surface area contributed by atoms with E-state index < -0.39 is 22.3 Å². The molecule has 9 heteroatoms. The zero-order valence-electron chi connectivity index (χ0n) is 19.8. The predicted octanol–water partition coefficient (Wildman–Crippen LogP) is 5.03. The summed E-state index contributed by atoms with van der Waals surface area (Å²) in [5.41, 5.74) is -0.316. The number of alkyl halides is 1. The maximum atomic E-state index is 16.2. The number of ether oxygens (including phenoxy) is 2. The molecule has 0 saturated carbocycles. The molecule has 186 valence electrons. The molecule has 2 aromatic rings. The second-order valence-electron chi connectivity index (χ2n) is 9.94. The van der Waals surface area contributed by atoms with Crippen LogP contribution in [0.4, 0.5) is 14.5 Å². The number of carbonyl (C=O) groups is 1. The fourth-order valence-corrected chi connectivity index (χ4v) is 6.37. The molecule has 0 amide bonds. The zero-order chi connectivity index (χ0) is 24.9. The Morgan fingerprint density at radius 2 is 1.80 bits per heavy atom. The molecular formula is C26H28F2N2O5. The standard InChI is InChI=1S/C26H28F2N2O5/c1-34-23-9-15-8-16(25(31)19(15)10-24(23)35-2)11-26(28)12-17-6-7-18(13-26)29(17)14-20-21(27)4-3-5-22(20)30(32)33/h3-5,9-10,16-18H,6-8,11-14H2,1-2H3. The summed E-state index contributed by atoms with van der Waals surface area (Å²) >= 11 is 0. The minimum Gasteiger partial charge on any atom is -0.493 e. The highest BCUT2D eigenvalue weighted by molar-refractivity contribution is 6.03. The third-order valence-electron chi connectivity index (χ3n) is 7.93. The first kappa shape index (κ1) is 23.7. The Labute approximate surface area is 202 Å². The number of hydrogen-bond acceptors (Lipinski definition) is 6. The molecule has 3 aliphatic rings. The summed E-state index contributed by atoms with van der Waals surface area (Å²) in [6, 6.07) is 7.04. The van der Waals surface area contributed by atoms with Crippen molar-refractivity contribution < 1.29 is 28.0 Å².